The van der Waals surface area contributed by atoms with Gasteiger partial charge in [0.05, 0.1) is 7.06 Å². The SMILES string of the molecule is [2H]C(C)(C)N1[C]([CH2])N(c2c(C)ccc3c2oc2ccccc23)c2nccnc21. The van der Waals surface area contributed by atoms with Gasteiger partial charge in [0.1, 0.15) is 5.58 Å². The minimum atomic E-state index is -0.938. The summed E-state index contributed by atoms with van der Waals surface area (Å²) in [7, 11) is 0. The number of aromatic nitrogens is 2. The second kappa shape index (κ2) is 5.71. The van der Waals surface area contributed by atoms with Gasteiger partial charge in [0.2, 0.25) is 0 Å². The van der Waals surface area contributed by atoms with Gasteiger partial charge in [-0.15, -0.1) is 0 Å². The van der Waals surface area contributed by atoms with Crippen LogP contribution in [0.15, 0.2) is 53.2 Å². The molecule has 134 valence electrons. The first-order valence-electron chi connectivity index (χ1n) is 9.39. The molecule has 0 saturated heterocycles. The van der Waals surface area contributed by atoms with Crippen molar-refractivity contribution in [1.29, 1.82) is 0 Å². The molecule has 0 N–H and O–H groups in total. The molecule has 1 aliphatic heterocycles. The third-order valence-corrected chi connectivity index (χ3v) is 4.99. The standard InChI is InChI=1S/C22H20N4O/c1-13(2)25-15(4)26(22-21(25)23-11-12-24-22)19-14(3)9-10-17-16-7-5-6-8-18(16)27-20(17)19/h5-13H,4H2,1-3H3/i13D. The summed E-state index contributed by atoms with van der Waals surface area (Å²) in [6.45, 7) is 9.96. The molecule has 2 radical (unpaired) electrons. The molecule has 2 aromatic carbocycles. The van der Waals surface area contributed by atoms with E-state index in [9.17, 15) is 0 Å². The lowest BCUT2D eigenvalue weighted by atomic mass is 10.1. The van der Waals surface area contributed by atoms with Gasteiger partial charge in [-0.05, 0) is 39.3 Å². The lowest BCUT2D eigenvalue weighted by Gasteiger charge is -2.30. The molecule has 0 amide bonds. The fourth-order valence-electron chi connectivity index (χ4n) is 3.84. The summed E-state index contributed by atoms with van der Waals surface area (Å²) in [5.74, 6) is 1.28. The zero-order valence-electron chi connectivity index (χ0n) is 16.5. The Hall–Kier alpha value is -3.08. The van der Waals surface area contributed by atoms with Crippen LogP contribution in [-0.2, 0) is 0 Å². The lowest BCUT2D eigenvalue weighted by Crippen LogP contribution is -2.36. The maximum atomic E-state index is 8.59. The van der Waals surface area contributed by atoms with Gasteiger partial charge in [0.25, 0.3) is 0 Å². The average Bonchev–Trinajstić information content (AvgIpc) is 3.16. The summed E-state index contributed by atoms with van der Waals surface area (Å²) in [4.78, 5) is 12.8. The highest BCUT2D eigenvalue weighted by Gasteiger charge is 2.40. The van der Waals surface area contributed by atoms with Crippen LogP contribution in [0.3, 0.4) is 0 Å². The number of benzene rings is 2. The summed E-state index contributed by atoms with van der Waals surface area (Å²) in [5.41, 5.74) is 3.54. The van der Waals surface area contributed by atoms with Crippen LogP contribution < -0.4 is 9.80 Å². The average molecular weight is 357 g/mol. The molecule has 0 atom stereocenters. The molecule has 27 heavy (non-hydrogen) atoms. The van der Waals surface area contributed by atoms with Gasteiger partial charge in [-0.2, -0.15) is 0 Å². The first-order chi connectivity index (χ1) is 13.4. The highest BCUT2D eigenvalue weighted by Crippen LogP contribution is 2.49. The zero-order valence-corrected chi connectivity index (χ0v) is 15.5. The number of furan rings is 1. The molecule has 0 aliphatic carbocycles. The van der Waals surface area contributed by atoms with E-state index in [1.54, 1.807) is 17.3 Å². The highest BCUT2D eigenvalue weighted by atomic mass is 16.3. The minimum absolute atomic E-state index is 0.625. The van der Waals surface area contributed by atoms with Crippen molar-refractivity contribution in [3.05, 3.63) is 67.4 Å². The molecular weight excluding hydrogens is 336 g/mol. The third kappa shape index (κ3) is 2.17. The molecule has 5 heteroatoms. The van der Waals surface area contributed by atoms with Gasteiger partial charge >= 0.3 is 0 Å². The molecule has 0 spiro atoms. The maximum absolute atomic E-state index is 8.59. The number of anilines is 3. The van der Waals surface area contributed by atoms with Crippen molar-refractivity contribution in [3.63, 3.8) is 0 Å². The Balaban J connectivity index is 1.82. The number of nitrogens with zero attached hydrogens (tertiary/aromatic N) is 4. The first-order valence-corrected chi connectivity index (χ1v) is 8.89. The molecule has 0 saturated carbocycles. The van der Waals surface area contributed by atoms with E-state index in [0.717, 1.165) is 33.2 Å². The van der Waals surface area contributed by atoms with Crippen molar-refractivity contribution >= 4 is 39.3 Å². The normalized spacial score (nSPS) is 15.6. The predicted molar refractivity (Wildman–Crippen MR) is 109 cm³/mol. The van der Waals surface area contributed by atoms with E-state index in [1.165, 1.54) is 0 Å². The largest absolute Gasteiger partial charge is 0.454 e. The van der Waals surface area contributed by atoms with Gasteiger partial charge in [-0.3, -0.25) is 4.90 Å². The summed E-state index contributed by atoms with van der Waals surface area (Å²) in [6.07, 6.45) is 3.94. The molecule has 1 aliphatic rings. The Labute approximate surface area is 159 Å². The van der Waals surface area contributed by atoms with Gasteiger partial charge in [-0.25, -0.2) is 9.97 Å². The smallest absolute Gasteiger partial charge is 0.178 e. The van der Waals surface area contributed by atoms with Crippen molar-refractivity contribution in [1.82, 2.24) is 9.97 Å². The Kier molecular flexibility index (Phi) is 3.18. The summed E-state index contributed by atoms with van der Waals surface area (Å²) >= 11 is 0. The number of fused-ring (bicyclic) bond motifs is 4. The van der Waals surface area contributed by atoms with E-state index < -0.39 is 6.02 Å². The monoisotopic (exact) mass is 357 g/mol. The van der Waals surface area contributed by atoms with Crippen LogP contribution in [0.2, 0.25) is 0 Å². The van der Waals surface area contributed by atoms with Crippen LogP contribution in [0, 0.1) is 20.0 Å². The van der Waals surface area contributed by atoms with Crippen LogP contribution >= 0.6 is 0 Å². The molecular formula is C22H20N4O. The third-order valence-electron chi connectivity index (χ3n) is 4.99. The topological polar surface area (TPSA) is 45.4 Å². The first kappa shape index (κ1) is 15.0. The van der Waals surface area contributed by atoms with Crippen molar-refractivity contribution < 1.29 is 5.79 Å². The van der Waals surface area contributed by atoms with Gasteiger partial charge in [0, 0.05) is 29.2 Å². The van der Waals surface area contributed by atoms with Crippen LogP contribution in [-0.4, -0.2) is 16.0 Å². The highest BCUT2D eigenvalue weighted by molar-refractivity contribution is 6.10. The van der Waals surface area contributed by atoms with E-state index in [-0.39, 0.29) is 0 Å². The number of rotatable bonds is 2. The van der Waals surface area contributed by atoms with Crippen molar-refractivity contribution in [2.45, 2.75) is 26.8 Å². The van der Waals surface area contributed by atoms with E-state index in [1.807, 2.05) is 43.9 Å². The van der Waals surface area contributed by atoms with Crippen LogP contribution in [0.4, 0.5) is 17.3 Å². The Morgan fingerprint density at radius 1 is 1.04 bits per heavy atom. The Bertz CT molecular complexity index is 1210. The van der Waals surface area contributed by atoms with Gasteiger partial charge < -0.3 is 9.32 Å². The molecule has 5 rings (SSSR count). The molecule has 5 nitrogen and oxygen atoms in total. The van der Waals surface area contributed by atoms with Crippen molar-refractivity contribution in [3.8, 4) is 0 Å². The number of hydrogen-bond acceptors (Lipinski definition) is 5. The van der Waals surface area contributed by atoms with Crippen LogP contribution in [0.25, 0.3) is 21.9 Å². The number of hydrogen-bond donors (Lipinski definition) is 0. The fraction of sp³-hybridized carbons (Fsp3) is 0.182. The maximum Gasteiger partial charge on any atom is 0.178 e. The Morgan fingerprint density at radius 3 is 2.56 bits per heavy atom. The molecule has 0 unspecified atom stereocenters. The number of aryl methyl sites for hydroxylation is 1. The molecule has 2 aromatic heterocycles. The van der Waals surface area contributed by atoms with Gasteiger partial charge in [0.15, 0.2) is 23.4 Å². The summed E-state index contributed by atoms with van der Waals surface area (Å²) in [5, 5.41) is 2.11. The zero-order chi connectivity index (χ0) is 19.6. The second-order valence-corrected chi connectivity index (χ2v) is 6.94. The molecule has 0 bridgehead atoms. The Morgan fingerprint density at radius 2 is 1.78 bits per heavy atom. The lowest BCUT2D eigenvalue weighted by molar-refractivity contribution is 0.665. The molecule has 0 fully saturated rings. The summed E-state index contributed by atoms with van der Waals surface area (Å²) in [6, 6.07) is 11.2. The molecule has 4 aromatic rings. The molecule has 3 heterocycles. The van der Waals surface area contributed by atoms with E-state index in [4.69, 9.17) is 5.79 Å². The van der Waals surface area contributed by atoms with E-state index in [2.05, 4.69) is 35.1 Å². The van der Waals surface area contributed by atoms with E-state index >= 15 is 0 Å². The van der Waals surface area contributed by atoms with Gasteiger partial charge in [-0.1, -0.05) is 30.3 Å². The van der Waals surface area contributed by atoms with Crippen LogP contribution in [0.5, 0.6) is 0 Å². The predicted octanol–water partition coefficient (Wildman–Crippen LogP) is 5.37. The minimum Gasteiger partial charge on any atom is -0.454 e. The summed E-state index contributed by atoms with van der Waals surface area (Å²) < 4.78 is 14.9. The fourth-order valence-corrected chi connectivity index (χ4v) is 3.84. The number of para-hydroxylation sites is 1. The van der Waals surface area contributed by atoms with E-state index in [0.29, 0.717) is 17.8 Å². The van der Waals surface area contributed by atoms with Crippen molar-refractivity contribution in [2.24, 2.45) is 0 Å². The second-order valence-electron chi connectivity index (χ2n) is 6.94. The van der Waals surface area contributed by atoms with Crippen LogP contribution in [0.1, 0.15) is 20.8 Å². The quantitative estimate of drug-likeness (QED) is 0.482. The van der Waals surface area contributed by atoms with Crippen molar-refractivity contribution in [2.75, 3.05) is 9.80 Å².